The first-order valence-corrected chi connectivity index (χ1v) is 7.78. The number of amides is 1. The first-order valence-electron chi connectivity index (χ1n) is 7.40. The average Bonchev–Trinajstić information content (AvgIpc) is 2.79. The second-order valence-corrected chi connectivity index (χ2v) is 6.99. The molecule has 5 heteroatoms. The van der Waals surface area contributed by atoms with Gasteiger partial charge in [-0.15, -0.1) is 0 Å². The van der Waals surface area contributed by atoms with Crippen LogP contribution in [0.25, 0.3) is 10.8 Å². The molecule has 1 aliphatic rings. The summed E-state index contributed by atoms with van der Waals surface area (Å²) in [5.41, 5.74) is 1.89. The predicted molar refractivity (Wildman–Crippen MR) is 87.2 cm³/mol. The van der Waals surface area contributed by atoms with Gasteiger partial charge in [0.25, 0.3) is 0 Å². The average molecular weight is 319 g/mol. The number of pyridine rings is 1. The van der Waals surface area contributed by atoms with E-state index in [4.69, 9.17) is 16.3 Å². The molecule has 1 heterocycles. The molecule has 1 atom stereocenters. The normalized spacial score (nSPS) is 17.4. The number of halogens is 1. The third kappa shape index (κ3) is 3.02. The maximum Gasteiger partial charge on any atom is 0.408 e. The van der Waals surface area contributed by atoms with Crippen molar-refractivity contribution < 1.29 is 9.53 Å². The Morgan fingerprint density at radius 2 is 2.18 bits per heavy atom. The fraction of sp³-hybridized carbons (Fsp3) is 0.412. The van der Waals surface area contributed by atoms with Crippen LogP contribution in [-0.2, 0) is 11.2 Å². The standard InChI is InChI=1S/C17H19ClN2O2/c1-17(2,3)22-16(21)20-14-7-6-11-12(14)5-4-10-8-15(18)19-9-13(10)11/h4-5,8-9,14H,6-7H2,1-3H3,(H,20,21). The third-order valence-electron chi connectivity index (χ3n) is 3.77. The van der Waals surface area contributed by atoms with E-state index < -0.39 is 5.60 Å². The van der Waals surface area contributed by atoms with Crippen molar-refractivity contribution in [2.24, 2.45) is 0 Å². The van der Waals surface area contributed by atoms with Crippen LogP contribution in [0.3, 0.4) is 0 Å². The van der Waals surface area contributed by atoms with Crippen molar-refractivity contribution in [3.63, 3.8) is 0 Å². The predicted octanol–water partition coefficient (Wildman–Crippen LogP) is 4.40. The van der Waals surface area contributed by atoms with Crippen molar-refractivity contribution in [1.29, 1.82) is 0 Å². The summed E-state index contributed by atoms with van der Waals surface area (Å²) in [7, 11) is 0. The molecule has 1 aliphatic carbocycles. The van der Waals surface area contributed by atoms with E-state index in [0.717, 1.165) is 29.2 Å². The van der Waals surface area contributed by atoms with E-state index in [0.29, 0.717) is 5.15 Å². The van der Waals surface area contributed by atoms with Gasteiger partial charge in [-0.2, -0.15) is 0 Å². The number of benzene rings is 1. The summed E-state index contributed by atoms with van der Waals surface area (Å²) in [5, 5.41) is 5.64. The number of nitrogens with zero attached hydrogens (tertiary/aromatic N) is 1. The Kier molecular flexibility index (Phi) is 3.73. The number of rotatable bonds is 1. The number of ether oxygens (including phenoxy) is 1. The van der Waals surface area contributed by atoms with Gasteiger partial charge in [0, 0.05) is 11.6 Å². The lowest BCUT2D eigenvalue weighted by atomic mass is 10.0. The monoisotopic (exact) mass is 318 g/mol. The SMILES string of the molecule is CC(C)(C)OC(=O)NC1CCc2c1ccc1cc(Cl)ncc21. The maximum absolute atomic E-state index is 12.0. The fourth-order valence-corrected chi connectivity index (χ4v) is 3.09. The minimum Gasteiger partial charge on any atom is -0.444 e. The van der Waals surface area contributed by atoms with Gasteiger partial charge in [0.2, 0.25) is 0 Å². The van der Waals surface area contributed by atoms with Gasteiger partial charge in [-0.3, -0.25) is 0 Å². The van der Waals surface area contributed by atoms with Gasteiger partial charge in [-0.05, 0) is 56.2 Å². The van der Waals surface area contributed by atoms with Crippen LogP contribution in [0.4, 0.5) is 4.79 Å². The highest BCUT2D eigenvalue weighted by Gasteiger charge is 2.27. The lowest BCUT2D eigenvalue weighted by Gasteiger charge is -2.22. The zero-order valence-corrected chi connectivity index (χ0v) is 13.7. The van der Waals surface area contributed by atoms with E-state index in [-0.39, 0.29) is 12.1 Å². The van der Waals surface area contributed by atoms with Crippen LogP contribution in [0.1, 0.15) is 44.4 Å². The van der Waals surface area contributed by atoms with Crippen LogP contribution in [0.15, 0.2) is 24.4 Å². The van der Waals surface area contributed by atoms with Crippen molar-refractivity contribution in [3.05, 3.63) is 40.7 Å². The maximum atomic E-state index is 12.0. The Bertz CT molecular complexity index is 737. The Labute approximate surface area is 134 Å². The zero-order valence-electron chi connectivity index (χ0n) is 12.9. The molecule has 116 valence electrons. The largest absolute Gasteiger partial charge is 0.444 e. The number of hydrogen-bond donors (Lipinski definition) is 1. The van der Waals surface area contributed by atoms with Crippen LogP contribution in [0, 0.1) is 0 Å². The molecule has 1 N–H and O–H groups in total. The van der Waals surface area contributed by atoms with Crippen LogP contribution < -0.4 is 5.32 Å². The second kappa shape index (κ2) is 5.43. The highest BCUT2D eigenvalue weighted by molar-refractivity contribution is 6.30. The summed E-state index contributed by atoms with van der Waals surface area (Å²) < 4.78 is 5.34. The topological polar surface area (TPSA) is 51.2 Å². The lowest BCUT2D eigenvalue weighted by molar-refractivity contribution is 0.0503. The van der Waals surface area contributed by atoms with Gasteiger partial charge in [-0.1, -0.05) is 23.7 Å². The Morgan fingerprint density at radius 1 is 1.41 bits per heavy atom. The molecule has 1 aromatic carbocycles. The lowest BCUT2D eigenvalue weighted by Crippen LogP contribution is -2.34. The van der Waals surface area contributed by atoms with Crippen molar-refractivity contribution >= 4 is 28.5 Å². The molecule has 0 saturated heterocycles. The molecule has 22 heavy (non-hydrogen) atoms. The summed E-state index contributed by atoms with van der Waals surface area (Å²) in [6.45, 7) is 5.58. The number of nitrogens with one attached hydrogen (secondary N) is 1. The number of aryl methyl sites for hydroxylation is 1. The molecule has 1 amide bonds. The Balaban J connectivity index is 1.86. The summed E-state index contributed by atoms with van der Waals surface area (Å²) in [6.07, 6.45) is 3.22. The Hall–Kier alpha value is -1.81. The number of alkyl carbamates (subject to hydrolysis) is 1. The van der Waals surface area contributed by atoms with Crippen molar-refractivity contribution in [2.75, 3.05) is 0 Å². The van der Waals surface area contributed by atoms with Gasteiger partial charge in [0.15, 0.2) is 0 Å². The molecule has 0 radical (unpaired) electrons. The van der Waals surface area contributed by atoms with Gasteiger partial charge >= 0.3 is 6.09 Å². The molecule has 2 aromatic rings. The van der Waals surface area contributed by atoms with E-state index >= 15 is 0 Å². The molecule has 4 nitrogen and oxygen atoms in total. The molecular weight excluding hydrogens is 300 g/mol. The van der Waals surface area contributed by atoms with E-state index in [2.05, 4.69) is 16.4 Å². The highest BCUT2D eigenvalue weighted by atomic mass is 35.5. The van der Waals surface area contributed by atoms with Crippen LogP contribution in [0.5, 0.6) is 0 Å². The Morgan fingerprint density at radius 3 is 2.91 bits per heavy atom. The fourth-order valence-electron chi connectivity index (χ4n) is 2.92. The molecule has 0 bridgehead atoms. The van der Waals surface area contributed by atoms with Gasteiger partial charge in [0.1, 0.15) is 10.8 Å². The minimum atomic E-state index is -0.491. The molecule has 0 aliphatic heterocycles. The first-order chi connectivity index (χ1) is 10.3. The van der Waals surface area contributed by atoms with Gasteiger partial charge < -0.3 is 10.1 Å². The highest BCUT2D eigenvalue weighted by Crippen LogP contribution is 2.36. The molecular formula is C17H19ClN2O2. The van der Waals surface area contributed by atoms with Crippen LogP contribution in [0.2, 0.25) is 5.15 Å². The first kappa shape index (κ1) is 15.1. The van der Waals surface area contributed by atoms with Crippen molar-refractivity contribution in [1.82, 2.24) is 10.3 Å². The molecule has 0 spiro atoms. The van der Waals surface area contributed by atoms with Crippen molar-refractivity contribution in [2.45, 2.75) is 45.3 Å². The van der Waals surface area contributed by atoms with E-state index in [1.165, 1.54) is 5.56 Å². The summed E-state index contributed by atoms with van der Waals surface area (Å²) in [5.74, 6) is 0. The summed E-state index contributed by atoms with van der Waals surface area (Å²) in [6, 6.07) is 5.94. The molecule has 0 fully saturated rings. The number of carbonyl (C=O) groups excluding carboxylic acids is 1. The molecule has 3 rings (SSSR count). The second-order valence-electron chi connectivity index (χ2n) is 6.60. The number of hydrogen-bond acceptors (Lipinski definition) is 3. The molecule has 1 aromatic heterocycles. The molecule has 1 unspecified atom stereocenters. The van der Waals surface area contributed by atoms with E-state index in [1.807, 2.05) is 39.1 Å². The number of carbonyl (C=O) groups is 1. The van der Waals surface area contributed by atoms with E-state index in [1.54, 1.807) is 0 Å². The quantitative estimate of drug-likeness (QED) is 0.793. The van der Waals surface area contributed by atoms with Gasteiger partial charge in [0.05, 0.1) is 6.04 Å². The van der Waals surface area contributed by atoms with Crippen LogP contribution >= 0.6 is 11.6 Å². The molecule has 0 saturated carbocycles. The minimum absolute atomic E-state index is 0.00933. The smallest absolute Gasteiger partial charge is 0.408 e. The number of aromatic nitrogens is 1. The van der Waals surface area contributed by atoms with Crippen LogP contribution in [-0.4, -0.2) is 16.7 Å². The summed E-state index contributed by atoms with van der Waals surface area (Å²) >= 11 is 5.94. The van der Waals surface area contributed by atoms with E-state index in [9.17, 15) is 4.79 Å². The zero-order chi connectivity index (χ0) is 15.9. The summed E-state index contributed by atoms with van der Waals surface area (Å²) in [4.78, 5) is 16.1. The van der Waals surface area contributed by atoms with Gasteiger partial charge in [-0.25, -0.2) is 9.78 Å². The van der Waals surface area contributed by atoms with Crippen molar-refractivity contribution in [3.8, 4) is 0 Å². The third-order valence-corrected chi connectivity index (χ3v) is 3.97. The number of fused-ring (bicyclic) bond motifs is 3.